The van der Waals surface area contributed by atoms with E-state index >= 15 is 0 Å². The molecule has 7 nitrogen and oxygen atoms in total. The maximum atomic E-state index is 13.3. The van der Waals surface area contributed by atoms with Gasteiger partial charge in [0.1, 0.15) is 5.82 Å². The fourth-order valence-corrected chi connectivity index (χ4v) is 3.88. The molecule has 0 spiro atoms. The van der Waals surface area contributed by atoms with Gasteiger partial charge in [-0.05, 0) is 82.1 Å². The van der Waals surface area contributed by atoms with E-state index in [1.54, 1.807) is 6.33 Å². The predicted molar refractivity (Wildman–Crippen MR) is 135 cm³/mol. The van der Waals surface area contributed by atoms with Gasteiger partial charge in [0.25, 0.3) is 0 Å². The third-order valence-electron chi connectivity index (χ3n) is 5.82. The van der Waals surface area contributed by atoms with E-state index in [4.69, 9.17) is 5.73 Å². The zero-order valence-corrected chi connectivity index (χ0v) is 20.0. The summed E-state index contributed by atoms with van der Waals surface area (Å²) in [4.78, 5) is 18.4. The Morgan fingerprint density at radius 2 is 2.03 bits per heavy atom. The third-order valence-corrected chi connectivity index (χ3v) is 5.82. The van der Waals surface area contributed by atoms with Gasteiger partial charge >= 0.3 is 0 Å². The number of H-pyrrole nitrogens is 1. The standard InChI is InChI=1S/C26H36FN7/c1-34(16-5-15-32-26(28)31-14-4-6-24-19-29-20-33-24)17-12-22(25-7-2-3-13-30-25)18-21-8-10-23(27)11-9-21/h2-3,7-11,13,19-20,22H,4-6,12,14-18H2,1H3,(H,29,33)(H3,28,31,32). The van der Waals surface area contributed by atoms with E-state index in [1.165, 1.54) is 12.1 Å². The molecule has 1 atom stereocenters. The lowest BCUT2D eigenvalue weighted by Gasteiger charge is -2.22. The van der Waals surface area contributed by atoms with Crippen LogP contribution in [0.1, 0.15) is 42.1 Å². The van der Waals surface area contributed by atoms with Gasteiger partial charge in [-0.15, -0.1) is 0 Å². The fourth-order valence-electron chi connectivity index (χ4n) is 3.88. The maximum absolute atomic E-state index is 13.3. The molecule has 2 aromatic heterocycles. The minimum atomic E-state index is -0.203. The first-order chi connectivity index (χ1) is 16.6. The van der Waals surface area contributed by atoms with Crippen molar-refractivity contribution in [2.45, 2.75) is 38.0 Å². The van der Waals surface area contributed by atoms with E-state index in [-0.39, 0.29) is 11.7 Å². The summed E-state index contributed by atoms with van der Waals surface area (Å²) in [5.41, 5.74) is 9.30. The van der Waals surface area contributed by atoms with Gasteiger partial charge in [-0.3, -0.25) is 9.98 Å². The van der Waals surface area contributed by atoms with Gasteiger partial charge in [0.2, 0.25) is 0 Å². The molecule has 3 aromatic rings. The van der Waals surface area contributed by atoms with Crippen LogP contribution < -0.4 is 11.1 Å². The van der Waals surface area contributed by atoms with Crippen molar-refractivity contribution in [2.24, 2.45) is 10.7 Å². The van der Waals surface area contributed by atoms with Crippen LogP contribution in [-0.4, -0.2) is 59.0 Å². The minimum Gasteiger partial charge on any atom is -0.370 e. The molecule has 4 N–H and O–H groups in total. The van der Waals surface area contributed by atoms with Crippen LogP contribution in [0.4, 0.5) is 4.39 Å². The van der Waals surface area contributed by atoms with Crippen molar-refractivity contribution in [1.82, 2.24) is 25.2 Å². The number of imidazole rings is 1. The number of aryl methyl sites for hydroxylation is 1. The zero-order valence-electron chi connectivity index (χ0n) is 20.0. The van der Waals surface area contributed by atoms with Gasteiger partial charge in [0.15, 0.2) is 5.96 Å². The van der Waals surface area contributed by atoms with Crippen LogP contribution in [0, 0.1) is 5.82 Å². The number of aromatic nitrogens is 3. The van der Waals surface area contributed by atoms with Crippen molar-refractivity contribution in [3.05, 3.63) is 84.0 Å². The van der Waals surface area contributed by atoms with Crippen LogP contribution in [-0.2, 0) is 12.8 Å². The summed E-state index contributed by atoms with van der Waals surface area (Å²) in [6.07, 6.45) is 10.0. The predicted octanol–water partition coefficient (Wildman–Crippen LogP) is 3.52. The Bertz CT molecular complexity index is 959. The Morgan fingerprint density at radius 1 is 1.18 bits per heavy atom. The largest absolute Gasteiger partial charge is 0.370 e. The van der Waals surface area contributed by atoms with Crippen molar-refractivity contribution in [1.29, 1.82) is 0 Å². The van der Waals surface area contributed by atoms with E-state index in [2.05, 4.69) is 43.3 Å². The first kappa shape index (κ1) is 25.4. The van der Waals surface area contributed by atoms with Gasteiger partial charge in [-0.25, -0.2) is 9.37 Å². The number of nitrogens with two attached hydrogens (primary N) is 1. The summed E-state index contributed by atoms with van der Waals surface area (Å²) < 4.78 is 13.3. The number of rotatable bonds is 14. The van der Waals surface area contributed by atoms with Gasteiger partial charge in [0, 0.05) is 42.8 Å². The molecule has 0 radical (unpaired) electrons. The lowest BCUT2D eigenvalue weighted by molar-refractivity contribution is 0.312. The molecule has 2 heterocycles. The Kier molecular flexibility index (Phi) is 10.5. The number of nitrogens with zero attached hydrogens (tertiary/aromatic N) is 4. The molecule has 0 aliphatic rings. The molecule has 1 aromatic carbocycles. The molecular formula is C26H36FN7. The molecule has 0 saturated carbocycles. The molecule has 0 bridgehead atoms. The molecule has 182 valence electrons. The minimum absolute atomic E-state index is 0.203. The number of aromatic amines is 1. The quantitative estimate of drug-likeness (QED) is 0.192. The molecule has 1 unspecified atom stereocenters. The highest BCUT2D eigenvalue weighted by molar-refractivity contribution is 5.77. The van der Waals surface area contributed by atoms with E-state index in [1.807, 2.05) is 36.7 Å². The summed E-state index contributed by atoms with van der Waals surface area (Å²) in [5, 5.41) is 3.20. The van der Waals surface area contributed by atoms with E-state index in [9.17, 15) is 4.39 Å². The molecule has 0 amide bonds. The molecule has 34 heavy (non-hydrogen) atoms. The van der Waals surface area contributed by atoms with Gasteiger partial charge < -0.3 is 20.9 Å². The summed E-state index contributed by atoms with van der Waals surface area (Å²) in [6, 6.07) is 12.8. The Morgan fingerprint density at radius 3 is 2.76 bits per heavy atom. The second kappa shape index (κ2) is 14.1. The average molecular weight is 466 g/mol. The Hall–Kier alpha value is -3.26. The van der Waals surface area contributed by atoms with Crippen LogP contribution in [0.2, 0.25) is 0 Å². The zero-order chi connectivity index (χ0) is 24.0. The second-order valence-electron chi connectivity index (χ2n) is 8.60. The Balaban J connectivity index is 1.35. The van der Waals surface area contributed by atoms with Crippen LogP contribution in [0.3, 0.4) is 0 Å². The van der Waals surface area contributed by atoms with Crippen LogP contribution in [0.15, 0.2) is 66.2 Å². The van der Waals surface area contributed by atoms with Gasteiger partial charge in [-0.1, -0.05) is 18.2 Å². The highest BCUT2D eigenvalue weighted by Gasteiger charge is 2.15. The summed E-state index contributed by atoms with van der Waals surface area (Å²) in [5.74, 6) is 0.588. The maximum Gasteiger partial charge on any atom is 0.188 e. The van der Waals surface area contributed by atoms with Crippen molar-refractivity contribution in [3.8, 4) is 0 Å². The topological polar surface area (TPSA) is 95.2 Å². The van der Waals surface area contributed by atoms with Crippen LogP contribution >= 0.6 is 0 Å². The van der Waals surface area contributed by atoms with Crippen LogP contribution in [0.25, 0.3) is 0 Å². The second-order valence-corrected chi connectivity index (χ2v) is 8.60. The van der Waals surface area contributed by atoms with Gasteiger partial charge in [-0.2, -0.15) is 0 Å². The normalized spacial score (nSPS) is 12.7. The number of hydrogen-bond donors (Lipinski definition) is 3. The lowest BCUT2D eigenvalue weighted by Crippen LogP contribution is -2.34. The lowest BCUT2D eigenvalue weighted by atomic mass is 9.92. The fraction of sp³-hybridized carbons (Fsp3) is 0.423. The number of guanidine groups is 1. The molecule has 0 aliphatic carbocycles. The van der Waals surface area contributed by atoms with E-state index < -0.39 is 0 Å². The van der Waals surface area contributed by atoms with Crippen molar-refractivity contribution in [3.63, 3.8) is 0 Å². The smallest absolute Gasteiger partial charge is 0.188 e. The highest BCUT2D eigenvalue weighted by atomic mass is 19.1. The SMILES string of the molecule is CN(CCCNC(N)=NCCCc1cnc[nH]1)CCC(Cc1ccc(F)cc1)c1ccccn1. The molecule has 3 rings (SSSR count). The molecule has 0 fully saturated rings. The monoisotopic (exact) mass is 465 g/mol. The van der Waals surface area contributed by atoms with E-state index in [0.717, 1.165) is 68.7 Å². The van der Waals surface area contributed by atoms with Crippen molar-refractivity contribution < 1.29 is 4.39 Å². The number of halogens is 1. The van der Waals surface area contributed by atoms with Crippen molar-refractivity contribution in [2.75, 3.05) is 33.2 Å². The van der Waals surface area contributed by atoms with Crippen LogP contribution in [0.5, 0.6) is 0 Å². The highest BCUT2D eigenvalue weighted by Crippen LogP contribution is 2.23. The summed E-state index contributed by atoms with van der Waals surface area (Å²) in [7, 11) is 2.14. The van der Waals surface area contributed by atoms with Gasteiger partial charge in [0.05, 0.1) is 6.33 Å². The number of hydrogen-bond acceptors (Lipinski definition) is 4. The molecular weight excluding hydrogens is 429 g/mol. The summed E-state index contributed by atoms with van der Waals surface area (Å²) in [6.45, 7) is 3.41. The third kappa shape index (κ3) is 9.31. The van der Waals surface area contributed by atoms with E-state index in [0.29, 0.717) is 12.5 Å². The number of benzene rings is 1. The molecule has 0 saturated heterocycles. The molecule has 8 heteroatoms. The first-order valence-electron chi connectivity index (χ1n) is 11.9. The van der Waals surface area contributed by atoms with Crippen molar-refractivity contribution >= 4 is 5.96 Å². The first-order valence-corrected chi connectivity index (χ1v) is 11.9. The number of pyridine rings is 1. The average Bonchev–Trinajstić information content (AvgIpc) is 3.37. The summed E-state index contributed by atoms with van der Waals surface area (Å²) >= 11 is 0. The number of aliphatic imine (C=N–C) groups is 1. The number of nitrogens with one attached hydrogen (secondary N) is 2. The molecule has 0 aliphatic heterocycles. The Labute approximate surface area is 201 Å².